The lowest BCUT2D eigenvalue weighted by Gasteiger charge is -2.06. The molecule has 1 N–H and O–H groups in total. The van der Waals surface area contributed by atoms with Crippen LogP contribution in [0.5, 0.6) is 0 Å². The van der Waals surface area contributed by atoms with Crippen LogP contribution in [0.1, 0.15) is 11.1 Å². The minimum Gasteiger partial charge on any atom is -0.367 e. The molecule has 0 radical (unpaired) electrons. The molecule has 0 saturated carbocycles. The fourth-order valence-electron chi connectivity index (χ4n) is 1.70. The molecule has 0 aliphatic carbocycles. The maximum Gasteiger partial charge on any atom is 0.250 e. The van der Waals surface area contributed by atoms with Gasteiger partial charge in [-0.05, 0) is 23.8 Å². The summed E-state index contributed by atoms with van der Waals surface area (Å²) in [5.74, 6) is -0.240. The maximum absolute atomic E-state index is 11.7. The summed E-state index contributed by atoms with van der Waals surface area (Å²) in [7, 11) is 0. The molecular weight excluding hydrogens is 252 g/mol. The van der Waals surface area contributed by atoms with Gasteiger partial charge in [0.1, 0.15) is 6.61 Å². The van der Waals surface area contributed by atoms with Crippen molar-refractivity contribution in [2.75, 3.05) is 11.9 Å². The van der Waals surface area contributed by atoms with Gasteiger partial charge < -0.3 is 10.1 Å². The first-order chi connectivity index (χ1) is 9.78. The van der Waals surface area contributed by atoms with Crippen molar-refractivity contribution in [1.29, 1.82) is 5.26 Å². The number of ether oxygens (including phenoxy) is 1. The van der Waals surface area contributed by atoms with Gasteiger partial charge in [-0.1, -0.05) is 36.4 Å². The fourth-order valence-corrected chi connectivity index (χ4v) is 1.70. The van der Waals surface area contributed by atoms with Crippen LogP contribution in [-0.2, 0) is 16.1 Å². The molecule has 1 amide bonds. The number of hydrogen-bond donors (Lipinski definition) is 1. The number of nitrogens with zero attached hydrogens (tertiary/aromatic N) is 1. The van der Waals surface area contributed by atoms with E-state index in [-0.39, 0.29) is 12.5 Å². The highest BCUT2D eigenvalue weighted by molar-refractivity contribution is 5.91. The first-order valence-electron chi connectivity index (χ1n) is 6.19. The van der Waals surface area contributed by atoms with Crippen molar-refractivity contribution in [1.82, 2.24) is 0 Å². The van der Waals surface area contributed by atoms with Gasteiger partial charge in [-0.3, -0.25) is 4.79 Å². The second-order valence-corrected chi connectivity index (χ2v) is 4.22. The molecule has 4 nitrogen and oxygen atoms in total. The number of amides is 1. The number of carbonyl (C=O) groups is 1. The Kier molecular flexibility index (Phi) is 4.87. The van der Waals surface area contributed by atoms with Gasteiger partial charge in [0.05, 0.1) is 18.2 Å². The summed E-state index contributed by atoms with van der Waals surface area (Å²) in [5.41, 5.74) is 2.12. The third-order valence-electron chi connectivity index (χ3n) is 2.62. The molecule has 0 bridgehead atoms. The minimum absolute atomic E-state index is 0.0221. The summed E-state index contributed by atoms with van der Waals surface area (Å²) in [6, 6.07) is 18.4. The van der Waals surface area contributed by atoms with Crippen molar-refractivity contribution in [3.8, 4) is 6.07 Å². The van der Waals surface area contributed by atoms with Crippen molar-refractivity contribution >= 4 is 11.6 Å². The van der Waals surface area contributed by atoms with Crippen LogP contribution in [0.4, 0.5) is 5.69 Å². The zero-order chi connectivity index (χ0) is 14.2. The van der Waals surface area contributed by atoms with Crippen molar-refractivity contribution in [3.05, 3.63) is 65.7 Å². The molecule has 20 heavy (non-hydrogen) atoms. The maximum atomic E-state index is 11.7. The van der Waals surface area contributed by atoms with Crippen LogP contribution in [0.3, 0.4) is 0 Å². The molecule has 0 unspecified atom stereocenters. The molecule has 0 fully saturated rings. The number of anilines is 1. The molecular formula is C16H14N2O2. The van der Waals surface area contributed by atoms with Crippen LogP contribution in [0.2, 0.25) is 0 Å². The second kappa shape index (κ2) is 7.07. The van der Waals surface area contributed by atoms with E-state index >= 15 is 0 Å². The number of hydrogen-bond acceptors (Lipinski definition) is 3. The van der Waals surface area contributed by atoms with Gasteiger partial charge in [0, 0.05) is 5.69 Å². The summed E-state index contributed by atoms with van der Waals surface area (Å²) in [4.78, 5) is 11.7. The monoisotopic (exact) mass is 266 g/mol. The molecule has 0 aliphatic heterocycles. The van der Waals surface area contributed by atoms with Gasteiger partial charge in [-0.2, -0.15) is 5.26 Å². The predicted octanol–water partition coefficient (Wildman–Crippen LogP) is 2.71. The lowest BCUT2D eigenvalue weighted by atomic mass is 10.2. The largest absolute Gasteiger partial charge is 0.367 e. The van der Waals surface area contributed by atoms with Gasteiger partial charge in [0.15, 0.2) is 0 Å². The molecule has 4 heteroatoms. The lowest BCUT2D eigenvalue weighted by Crippen LogP contribution is -2.18. The summed E-state index contributed by atoms with van der Waals surface area (Å²) in [6.07, 6.45) is 0. The smallest absolute Gasteiger partial charge is 0.250 e. The molecule has 2 aromatic rings. The molecule has 0 heterocycles. The van der Waals surface area contributed by atoms with Crippen LogP contribution in [0, 0.1) is 11.3 Å². The Bertz CT molecular complexity index is 618. The van der Waals surface area contributed by atoms with E-state index in [2.05, 4.69) is 5.32 Å². The average Bonchev–Trinajstić information content (AvgIpc) is 2.48. The summed E-state index contributed by atoms with van der Waals surface area (Å²) in [5, 5.41) is 11.5. The molecule has 2 aromatic carbocycles. The van der Waals surface area contributed by atoms with E-state index < -0.39 is 0 Å². The summed E-state index contributed by atoms with van der Waals surface area (Å²) in [6.45, 7) is 0.373. The van der Waals surface area contributed by atoms with Gasteiger partial charge in [0.25, 0.3) is 0 Å². The van der Waals surface area contributed by atoms with Crippen LogP contribution in [-0.4, -0.2) is 12.5 Å². The Morgan fingerprint density at radius 1 is 1.15 bits per heavy atom. The van der Waals surface area contributed by atoms with Crippen molar-refractivity contribution in [2.45, 2.75) is 6.61 Å². The Morgan fingerprint density at radius 2 is 1.95 bits per heavy atom. The second-order valence-electron chi connectivity index (χ2n) is 4.22. The normalized spacial score (nSPS) is 9.75. The van der Waals surface area contributed by atoms with Crippen molar-refractivity contribution in [3.63, 3.8) is 0 Å². The van der Waals surface area contributed by atoms with Crippen LogP contribution in [0.15, 0.2) is 54.6 Å². The number of carbonyl (C=O) groups excluding carboxylic acids is 1. The topological polar surface area (TPSA) is 62.1 Å². The molecule has 0 aromatic heterocycles. The molecule has 2 rings (SSSR count). The van der Waals surface area contributed by atoms with E-state index in [1.54, 1.807) is 24.3 Å². The highest BCUT2D eigenvalue weighted by Gasteiger charge is 2.03. The Morgan fingerprint density at radius 3 is 2.70 bits per heavy atom. The Hall–Kier alpha value is -2.64. The first kappa shape index (κ1) is 13.8. The van der Waals surface area contributed by atoms with Crippen LogP contribution < -0.4 is 5.32 Å². The average molecular weight is 266 g/mol. The third-order valence-corrected chi connectivity index (χ3v) is 2.62. The number of nitriles is 1. The third kappa shape index (κ3) is 4.23. The Balaban J connectivity index is 1.79. The quantitative estimate of drug-likeness (QED) is 0.905. The summed E-state index contributed by atoms with van der Waals surface area (Å²) < 4.78 is 5.33. The molecule has 0 saturated heterocycles. The van der Waals surface area contributed by atoms with E-state index in [9.17, 15) is 4.79 Å². The fraction of sp³-hybridized carbons (Fsp3) is 0.125. The van der Waals surface area contributed by atoms with Gasteiger partial charge in [0.2, 0.25) is 5.91 Å². The molecule has 100 valence electrons. The van der Waals surface area contributed by atoms with Gasteiger partial charge >= 0.3 is 0 Å². The predicted molar refractivity (Wildman–Crippen MR) is 75.9 cm³/mol. The van der Waals surface area contributed by atoms with Gasteiger partial charge in [-0.25, -0.2) is 0 Å². The van der Waals surface area contributed by atoms with E-state index in [4.69, 9.17) is 10.00 Å². The molecule has 0 aliphatic rings. The SMILES string of the molecule is N#Cc1cccc(NC(=O)COCc2ccccc2)c1. The summed E-state index contributed by atoms with van der Waals surface area (Å²) >= 11 is 0. The van der Waals surface area contributed by atoms with E-state index in [0.717, 1.165) is 5.56 Å². The number of benzene rings is 2. The van der Waals surface area contributed by atoms with Crippen molar-refractivity contribution < 1.29 is 9.53 Å². The standard InChI is InChI=1S/C16H14N2O2/c17-10-14-7-4-8-15(9-14)18-16(19)12-20-11-13-5-2-1-3-6-13/h1-9H,11-12H2,(H,18,19). The van der Waals surface area contributed by atoms with E-state index in [1.165, 1.54) is 0 Å². The minimum atomic E-state index is -0.240. The van der Waals surface area contributed by atoms with E-state index in [1.807, 2.05) is 36.4 Å². The van der Waals surface area contributed by atoms with Gasteiger partial charge in [-0.15, -0.1) is 0 Å². The lowest BCUT2D eigenvalue weighted by molar-refractivity contribution is -0.121. The van der Waals surface area contributed by atoms with Crippen LogP contribution in [0.25, 0.3) is 0 Å². The highest BCUT2D eigenvalue weighted by atomic mass is 16.5. The first-order valence-corrected chi connectivity index (χ1v) is 6.19. The number of rotatable bonds is 5. The highest BCUT2D eigenvalue weighted by Crippen LogP contribution is 2.09. The molecule has 0 atom stereocenters. The van der Waals surface area contributed by atoms with E-state index in [0.29, 0.717) is 17.9 Å². The Labute approximate surface area is 117 Å². The van der Waals surface area contributed by atoms with Crippen LogP contribution >= 0.6 is 0 Å². The zero-order valence-electron chi connectivity index (χ0n) is 10.9. The number of nitrogens with one attached hydrogen (secondary N) is 1. The van der Waals surface area contributed by atoms with Crippen molar-refractivity contribution in [2.24, 2.45) is 0 Å². The zero-order valence-corrected chi connectivity index (χ0v) is 10.9. The molecule has 0 spiro atoms.